The number of hydrogen-bond acceptors (Lipinski definition) is 3. The number of ether oxygens (including phenoxy) is 1. The van der Waals surface area contributed by atoms with Crippen LogP contribution >= 0.6 is 0 Å². The largest absolute Gasteiger partial charge is 0.465 e. The highest BCUT2D eigenvalue weighted by atomic mass is 16.5. The third-order valence-corrected chi connectivity index (χ3v) is 2.48. The molecule has 0 bridgehead atoms. The van der Waals surface area contributed by atoms with Crippen molar-refractivity contribution in [3.63, 3.8) is 0 Å². The van der Waals surface area contributed by atoms with Gasteiger partial charge in [0.1, 0.15) is 0 Å². The summed E-state index contributed by atoms with van der Waals surface area (Å²) in [6.07, 6.45) is 0.736. The smallest absolute Gasteiger partial charge is 0.338 e. The highest BCUT2D eigenvalue weighted by Gasteiger charge is 2.13. The second-order valence-electron chi connectivity index (χ2n) is 3.22. The van der Waals surface area contributed by atoms with Crippen LogP contribution in [-0.2, 0) is 11.2 Å². The summed E-state index contributed by atoms with van der Waals surface area (Å²) >= 11 is 0. The summed E-state index contributed by atoms with van der Waals surface area (Å²) in [5.41, 5.74) is 2.92. The van der Waals surface area contributed by atoms with Crippen molar-refractivity contribution in [2.24, 2.45) is 0 Å². The summed E-state index contributed by atoms with van der Waals surface area (Å²) in [7, 11) is 1.35. The Morgan fingerprint density at radius 2 is 2.20 bits per heavy atom. The quantitative estimate of drug-likeness (QED) is 0.692. The predicted molar refractivity (Wildman–Crippen MR) is 56.6 cm³/mol. The molecule has 0 aliphatic heterocycles. The first-order chi connectivity index (χ1) is 7.15. The minimum absolute atomic E-state index is 0.355. The third-order valence-electron chi connectivity index (χ3n) is 2.48. The lowest BCUT2D eigenvalue weighted by atomic mass is 9.96. The molecule has 0 unspecified atom stereocenters. The maximum absolute atomic E-state index is 11.4. The molecule has 0 heterocycles. The van der Waals surface area contributed by atoms with Gasteiger partial charge in [0.2, 0.25) is 0 Å². The molecule has 0 fully saturated rings. The Hall–Kier alpha value is -1.82. The molecule has 0 saturated heterocycles. The fourth-order valence-electron chi connectivity index (χ4n) is 1.65. The standard InChI is InChI=1S/C12H13NO2/c1-4-10-8(2)11(12(14)15-3)6-5-9(10)7-13/h5-6H,4H2,1-3H3. The van der Waals surface area contributed by atoms with Crippen LogP contribution in [0.2, 0.25) is 0 Å². The normalized spacial score (nSPS) is 9.47. The van der Waals surface area contributed by atoms with Gasteiger partial charge in [0.15, 0.2) is 0 Å². The van der Waals surface area contributed by atoms with Gasteiger partial charge in [-0.25, -0.2) is 4.79 Å². The van der Waals surface area contributed by atoms with E-state index in [0.717, 1.165) is 17.5 Å². The number of nitriles is 1. The van der Waals surface area contributed by atoms with E-state index >= 15 is 0 Å². The SMILES string of the molecule is CCc1c(C#N)ccc(C(=O)OC)c1C. The average molecular weight is 203 g/mol. The van der Waals surface area contributed by atoms with Gasteiger partial charge < -0.3 is 4.74 Å². The summed E-state index contributed by atoms with van der Waals surface area (Å²) in [6, 6.07) is 5.42. The van der Waals surface area contributed by atoms with Gasteiger partial charge in [-0.2, -0.15) is 5.26 Å². The number of rotatable bonds is 2. The van der Waals surface area contributed by atoms with E-state index in [0.29, 0.717) is 11.1 Å². The van der Waals surface area contributed by atoms with Gasteiger partial charge in [0, 0.05) is 0 Å². The fourth-order valence-corrected chi connectivity index (χ4v) is 1.65. The molecule has 0 spiro atoms. The molecule has 3 heteroatoms. The number of benzene rings is 1. The molecule has 1 aromatic carbocycles. The molecule has 0 aromatic heterocycles. The Morgan fingerprint density at radius 1 is 1.53 bits per heavy atom. The van der Waals surface area contributed by atoms with Gasteiger partial charge >= 0.3 is 5.97 Å². The molecule has 0 saturated carbocycles. The summed E-state index contributed by atoms with van der Waals surface area (Å²) in [6.45, 7) is 3.80. The number of carbonyl (C=O) groups excluding carboxylic acids is 1. The van der Waals surface area contributed by atoms with Crippen molar-refractivity contribution >= 4 is 5.97 Å². The van der Waals surface area contributed by atoms with Crippen LogP contribution in [0.5, 0.6) is 0 Å². The minimum atomic E-state index is -0.355. The summed E-state index contributed by atoms with van der Waals surface area (Å²) < 4.78 is 4.67. The Labute approximate surface area is 89.3 Å². The van der Waals surface area contributed by atoms with E-state index in [2.05, 4.69) is 10.8 Å². The first-order valence-corrected chi connectivity index (χ1v) is 4.76. The molecule has 0 atom stereocenters. The van der Waals surface area contributed by atoms with Crippen LogP contribution < -0.4 is 0 Å². The van der Waals surface area contributed by atoms with Crippen molar-refractivity contribution in [3.8, 4) is 6.07 Å². The molecular weight excluding hydrogens is 190 g/mol. The Morgan fingerprint density at radius 3 is 2.67 bits per heavy atom. The average Bonchev–Trinajstić information content (AvgIpc) is 2.27. The van der Waals surface area contributed by atoms with Crippen LogP contribution in [-0.4, -0.2) is 13.1 Å². The first-order valence-electron chi connectivity index (χ1n) is 4.76. The van der Waals surface area contributed by atoms with Gasteiger partial charge in [-0.1, -0.05) is 6.92 Å². The highest BCUT2D eigenvalue weighted by molar-refractivity contribution is 5.91. The van der Waals surface area contributed by atoms with Crippen LogP contribution in [0.1, 0.15) is 34.0 Å². The molecular formula is C12H13NO2. The van der Waals surface area contributed by atoms with Gasteiger partial charge in [-0.05, 0) is 36.6 Å². The Balaban J connectivity index is 3.37. The van der Waals surface area contributed by atoms with E-state index in [4.69, 9.17) is 5.26 Å². The van der Waals surface area contributed by atoms with Crippen LogP contribution in [0.25, 0.3) is 0 Å². The number of methoxy groups -OCH3 is 1. The van der Waals surface area contributed by atoms with Gasteiger partial charge in [-0.15, -0.1) is 0 Å². The zero-order valence-electron chi connectivity index (χ0n) is 9.13. The van der Waals surface area contributed by atoms with Crippen molar-refractivity contribution in [2.45, 2.75) is 20.3 Å². The van der Waals surface area contributed by atoms with Crippen LogP contribution in [0.15, 0.2) is 12.1 Å². The molecule has 0 aliphatic carbocycles. The van der Waals surface area contributed by atoms with E-state index in [1.54, 1.807) is 12.1 Å². The highest BCUT2D eigenvalue weighted by Crippen LogP contribution is 2.19. The van der Waals surface area contributed by atoms with Crippen molar-refractivity contribution in [2.75, 3.05) is 7.11 Å². The fraction of sp³-hybridized carbons (Fsp3) is 0.333. The molecule has 1 aromatic rings. The Bertz CT molecular complexity index is 430. The van der Waals surface area contributed by atoms with E-state index in [1.807, 2.05) is 13.8 Å². The lowest BCUT2D eigenvalue weighted by Gasteiger charge is -2.09. The zero-order chi connectivity index (χ0) is 11.4. The number of esters is 1. The van der Waals surface area contributed by atoms with Gasteiger partial charge in [-0.3, -0.25) is 0 Å². The van der Waals surface area contributed by atoms with Crippen molar-refractivity contribution < 1.29 is 9.53 Å². The third kappa shape index (κ3) is 1.99. The van der Waals surface area contributed by atoms with Crippen molar-refractivity contribution in [1.82, 2.24) is 0 Å². The van der Waals surface area contributed by atoms with E-state index in [-0.39, 0.29) is 5.97 Å². The monoisotopic (exact) mass is 203 g/mol. The van der Waals surface area contributed by atoms with Crippen LogP contribution in [0.3, 0.4) is 0 Å². The molecule has 1 rings (SSSR count). The first kappa shape index (κ1) is 11.3. The molecule has 0 radical (unpaired) electrons. The van der Waals surface area contributed by atoms with E-state index in [1.165, 1.54) is 7.11 Å². The van der Waals surface area contributed by atoms with Gasteiger partial charge in [0.25, 0.3) is 0 Å². The van der Waals surface area contributed by atoms with Gasteiger partial charge in [0.05, 0.1) is 24.3 Å². The zero-order valence-corrected chi connectivity index (χ0v) is 9.13. The summed E-state index contributed by atoms with van der Waals surface area (Å²) in [5.74, 6) is -0.355. The lowest BCUT2D eigenvalue weighted by molar-refractivity contribution is 0.0600. The Kier molecular flexibility index (Phi) is 3.46. The molecule has 0 aliphatic rings. The molecule has 78 valence electrons. The predicted octanol–water partition coefficient (Wildman–Crippen LogP) is 2.22. The van der Waals surface area contributed by atoms with Crippen LogP contribution in [0.4, 0.5) is 0 Å². The van der Waals surface area contributed by atoms with Crippen molar-refractivity contribution in [3.05, 3.63) is 34.4 Å². The van der Waals surface area contributed by atoms with Crippen LogP contribution in [0, 0.1) is 18.3 Å². The summed E-state index contributed by atoms with van der Waals surface area (Å²) in [5, 5.41) is 8.89. The molecule has 0 N–H and O–H groups in total. The molecule has 0 amide bonds. The number of hydrogen-bond donors (Lipinski definition) is 0. The second kappa shape index (κ2) is 4.61. The second-order valence-corrected chi connectivity index (χ2v) is 3.22. The lowest BCUT2D eigenvalue weighted by Crippen LogP contribution is -2.06. The van der Waals surface area contributed by atoms with E-state index < -0.39 is 0 Å². The van der Waals surface area contributed by atoms with E-state index in [9.17, 15) is 4.79 Å². The topological polar surface area (TPSA) is 50.1 Å². The maximum Gasteiger partial charge on any atom is 0.338 e. The molecule has 15 heavy (non-hydrogen) atoms. The summed E-state index contributed by atoms with van der Waals surface area (Å²) in [4.78, 5) is 11.4. The number of carbonyl (C=O) groups is 1. The number of nitrogens with zero attached hydrogens (tertiary/aromatic N) is 1. The minimum Gasteiger partial charge on any atom is -0.465 e. The van der Waals surface area contributed by atoms with Crippen molar-refractivity contribution in [1.29, 1.82) is 5.26 Å². The maximum atomic E-state index is 11.4. The molecule has 3 nitrogen and oxygen atoms in total.